The fourth-order valence-electron chi connectivity index (χ4n) is 2.95. The predicted octanol–water partition coefficient (Wildman–Crippen LogP) is 1.53. The molecule has 1 saturated heterocycles. The van der Waals surface area contributed by atoms with E-state index in [1.165, 1.54) is 19.3 Å². The molecule has 18 heavy (non-hydrogen) atoms. The first-order chi connectivity index (χ1) is 8.58. The van der Waals surface area contributed by atoms with Crippen LogP contribution in [0.2, 0.25) is 0 Å². The smallest absolute Gasteiger partial charge is 0.327 e. The summed E-state index contributed by atoms with van der Waals surface area (Å²) in [6.45, 7) is 6.22. The van der Waals surface area contributed by atoms with Gasteiger partial charge in [-0.15, -0.1) is 0 Å². The lowest BCUT2D eigenvalue weighted by atomic mass is 9.91. The molecule has 0 amide bonds. The van der Waals surface area contributed by atoms with Crippen molar-refractivity contribution in [3.05, 3.63) is 0 Å². The zero-order chi connectivity index (χ0) is 13.2. The Hall–Kier alpha value is -0.610. The van der Waals surface area contributed by atoms with Gasteiger partial charge in [0.1, 0.15) is 5.54 Å². The highest BCUT2D eigenvalue weighted by Crippen LogP contribution is 2.40. The van der Waals surface area contributed by atoms with Crippen molar-refractivity contribution >= 4 is 5.97 Å². The van der Waals surface area contributed by atoms with Crippen molar-refractivity contribution in [2.24, 2.45) is 11.7 Å². The van der Waals surface area contributed by atoms with Crippen molar-refractivity contribution in [1.29, 1.82) is 0 Å². The standard InChI is InChI=1S/C14H26N2O2/c1-3-18-13(17)14(15,12-7-8-12)10-16-9-5-4-6-11(16)2/h11-12H,3-10,15H2,1-2H3. The van der Waals surface area contributed by atoms with Gasteiger partial charge in [0.2, 0.25) is 0 Å². The second kappa shape index (κ2) is 5.57. The summed E-state index contributed by atoms with van der Waals surface area (Å²) in [5.41, 5.74) is 5.63. The monoisotopic (exact) mass is 254 g/mol. The minimum atomic E-state index is -0.776. The van der Waals surface area contributed by atoms with E-state index in [0.29, 0.717) is 25.1 Å². The summed E-state index contributed by atoms with van der Waals surface area (Å²) < 4.78 is 5.19. The Morgan fingerprint density at radius 2 is 2.11 bits per heavy atom. The molecular formula is C14H26N2O2. The minimum absolute atomic E-state index is 0.203. The van der Waals surface area contributed by atoms with Gasteiger partial charge >= 0.3 is 5.97 Å². The topological polar surface area (TPSA) is 55.6 Å². The molecule has 2 rings (SSSR count). The van der Waals surface area contributed by atoms with E-state index in [2.05, 4.69) is 11.8 Å². The Morgan fingerprint density at radius 1 is 1.39 bits per heavy atom. The molecule has 0 bridgehead atoms. The predicted molar refractivity (Wildman–Crippen MR) is 71.2 cm³/mol. The van der Waals surface area contributed by atoms with Crippen LogP contribution in [0.25, 0.3) is 0 Å². The fraction of sp³-hybridized carbons (Fsp3) is 0.929. The molecule has 1 aliphatic heterocycles. The van der Waals surface area contributed by atoms with Crippen molar-refractivity contribution in [3.8, 4) is 0 Å². The highest BCUT2D eigenvalue weighted by atomic mass is 16.5. The summed E-state index contributed by atoms with van der Waals surface area (Å²) in [4.78, 5) is 14.5. The van der Waals surface area contributed by atoms with Gasteiger partial charge in [0.05, 0.1) is 6.61 Å². The Labute approximate surface area is 110 Å². The van der Waals surface area contributed by atoms with Gasteiger partial charge < -0.3 is 10.5 Å². The van der Waals surface area contributed by atoms with E-state index in [4.69, 9.17) is 10.5 Å². The number of esters is 1. The molecule has 1 saturated carbocycles. The van der Waals surface area contributed by atoms with Gasteiger partial charge in [-0.05, 0) is 52.0 Å². The van der Waals surface area contributed by atoms with Crippen LogP contribution in [0.5, 0.6) is 0 Å². The summed E-state index contributed by atoms with van der Waals surface area (Å²) in [5.74, 6) is 0.121. The number of piperidine rings is 1. The number of likely N-dealkylation sites (tertiary alicyclic amines) is 1. The van der Waals surface area contributed by atoms with Crippen LogP contribution in [-0.4, -0.2) is 42.1 Å². The van der Waals surface area contributed by atoms with Gasteiger partial charge in [-0.1, -0.05) is 6.42 Å². The fourth-order valence-corrected chi connectivity index (χ4v) is 2.95. The quantitative estimate of drug-likeness (QED) is 0.756. The van der Waals surface area contributed by atoms with E-state index in [9.17, 15) is 4.79 Å². The number of carbonyl (C=O) groups is 1. The van der Waals surface area contributed by atoms with Crippen molar-refractivity contribution in [1.82, 2.24) is 4.90 Å². The Bertz CT molecular complexity index is 304. The summed E-state index contributed by atoms with van der Waals surface area (Å²) >= 11 is 0. The number of rotatable bonds is 5. The zero-order valence-corrected chi connectivity index (χ0v) is 11.7. The Kier molecular flexibility index (Phi) is 4.28. The molecule has 2 fully saturated rings. The maximum atomic E-state index is 12.2. The van der Waals surface area contributed by atoms with Crippen LogP contribution in [0.15, 0.2) is 0 Å². The van der Waals surface area contributed by atoms with Crippen LogP contribution in [0.1, 0.15) is 46.0 Å². The number of carbonyl (C=O) groups excluding carboxylic acids is 1. The lowest BCUT2D eigenvalue weighted by Gasteiger charge is -2.39. The van der Waals surface area contributed by atoms with Crippen LogP contribution >= 0.6 is 0 Å². The molecule has 104 valence electrons. The highest BCUT2D eigenvalue weighted by Gasteiger charge is 2.50. The molecule has 0 radical (unpaired) electrons. The number of hydrogen-bond donors (Lipinski definition) is 1. The van der Waals surface area contributed by atoms with Gasteiger partial charge in [0, 0.05) is 12.6 Å². The molecular weight excluding hydrogens is 228 g/mol. The molecule has 1 aliphatic carbocycles. The van der Waals surface area contributed by atoms with Crippen molar-refractivity contribution in [2.45, 2.75) is 57.5 Å². The van der Waals surface area contributed by atoms with Gasteiger partial charge in [0.15, 0.2) is 0 Å². The van der Waals surface area contributed by atoms with Gasteiger partial charge in [-0.25, -0.2) is 4.79 Å². The molecule has 0 aromatic rings. The number of hydrogen-bond acceptors (Lipinski definition) is 4. The first-order valence-electron chi connectivity index (χ1n) is 7.28. The molecule has 1 heterocycles. The third kappa shape index (κ3) is 2.86. The summed E-state index contributed by atoms with van der Waals surface area (Å²) in [7, 11) is 0. The molecule has 2 atom stereocenters. The molecule has 4 nitrogen and oxygen atoms in total. The van der Waals surface area contributed by atoms with Gasteiger partial charge in [0.25, 0.3) is 0 Å². The van der Waals surface area contributed by atoms with Crippen LogP contribution < -0.4 is 5.73 Å². The summed E-state index contributed by atoms with van der Waals surface area (Å²) in [6, 6.07) is 0.537. The highest BCUT2D eigenvalue weighted by molar-refractivity contribution is 5.82. The summed E-state index contributed by atoms with van der Waals surface area (Å²) in [5, 5.41) is 0. The zero-order valence-electron chi connectivity index (χ0n) is 11.7. The van der Waals surface area contributed by atoms with Crippen LogP contribution in [0.4, 0.5) is 0 Å². The van der Waals surface area contributed by atoms with Gasteiger partial charge in [-0.2, -0.15) is 0 Å². The molecule has 2 N–H and O–H groups in total. The number of ether oxygens (including phenoxy) is 1. The molecule has 4 heteroatoms. The minimum Gasteiger partial charge on any atom is -0.465 e. The average Bonchev–Trinajstić information content (AvgIpc) is 3.16. The Morgan fingerprint density at radius 3 is 2.67 bits per heavy atom. The van der Waals surface area contributed by atoms with Gasteiger partial charge in [-0.3, -0.25) is 4.90 Å². The maximum Gasteiger partial charge on any atom is 0.327 e. The second-order valence-electron chi connectivity index (χ2n) is 5.85. The van der Waals surface area contributed by atoms with E-state index in [1.807, 2.05) is 6.92 Å². The molecule has 2 unspecified atom stereocenters. The van der Waals surface area contributed by atoms with E-state index in [0.717, 1.165) is 19.4 Å². The molecule has 0 aromatic carbocycles. The van der Waals surface area contributed by atoms with Crippen LogP contribution in [-0.2, 0) is 9.53 Å². The third-order valence-corrected chi connectivity index (χ3v) is 4.37. The molecule has 0 aromatic heterocycles. The first kappa shape index (κ1) is 13.8. The van der Waals surface area contributed by atoms with E-state index >= 15 is 0 Å². The lowest BCUT2D eigenvalue weighted by Crippen LogP contribution is -2.60. The Balaban J connectivity index is 2.03. The van der Waals surface area contributed by atoms with Crippen molar-refractivity contribution in [3.63, 3.8) is 0 Å². The second-order valence-corrected chi connectivity index (χ2v) is 5.85. The molecule has 0 spiro atoms. The lowest BCUT2D eigenvalue weighted by molar-refractivity contribution is -0.151. The SMILES string of the molecule is CCOC(=O)C(N)(CN1CCCCC1C)C1CC1. The van der Waals surface area contributed by atoms with Crippen LogP contribution in [0.3, 0.4) is 0 Å². The first-order valence-corrected chi connectivity index (χ1v) is 7.28. The number of nitrogens with zero attached hydrogens (tertiary/aromatic N) is 1. The average molecular weight is 254 g/mol. The van der Waals surface area contributed by atoms with E-state index in [-0.39, 0.29) is 5.97 Å². The summed E-state index contributed by atoms with van der Waals surface area (Å²) in [6.07, 6.45) is 5.85. The maximum absolute atomic E-state index is 12.2. The van der Waals surface area contributed by atoms with Crippen LogP contribution in [0, 0.1) is 5.92 Å². The van der Waals surface area contributed by atoms with E-state index < -0.39 is 5.54 Å². The van der Waals surface area contributed by atoms with Crippen molar-refractivity contribution in [2.75, 3.05) is 19.7 Å². The largest absolute Gasteiger partial charge is 0.465 e. The number of nitrogens with two attached hydrogens (primary N) is 1. The van der Waals surface area contributed by atoms with E-state index in [1.54, 1.807) is 0 Å². The van der Waals surface area contributed by atoms with Crippen molar-refractivity contribution < 1.29 is 9.53 Å². The normalized spacial score (nSPS) is 28.7. The molecule has 2 aliphatic rings. The third-order valence-electron chi connectivity index (χ3n) is 4.37.